The highest BCUT2D eigenvalue weighted by atomic mass is 15.2. The summed E-state index contributed by atoms with van der Waals surface area (Å²) in [4.78, 5) is 11.8. The largest absolute Gasteiger partial charge is 0.357 e. The number of hydrogen-bond acceptors (Lipinski definition) is 4. The average molecular weight is 272 g/mol. The lowest BCUT2D eigenvalue weighted by atomic mass is 9.76. The van der Waals surface area contributed by atoms with Crippen LogP contribution in [0.4, 0.5) is 5.95 Å². The van der Waals surface area contributed by atoms with Crippen molar-refractivity contribution in [2.45, 2.75) is 38.6 Å². The summed E-state index contributed by atoms with van der Waals surface area (Å²) < 4.78 is 0. The minimum absolute atomic E-state index is 0.650. The van der Waals surface area contributed by atoms with Crippen molar-refractivity contribution >= 4 is 5.95 Å². The Morgan fingerprint density at radius 3 is 3.00 bits per heavy atom. The molecule has 3 rings (SSSR count). The number of nitrogens with one attached hydrogen (secondary N) is 1. The highest BCUT2D eigenvalue weighted by Crippen LogP contribution is 2.35. The molecule has 108 valence electrons. The Bertz CT molecular complexity index is 511. The Morgan fingerprint density at radius 1 is 1.40 bits per heavy atom. The Kier molecular flexibility index (Phi) is 3.74. The van der Waals surface area contributed by atoms with Crippen molar-refractivity contribution < 1.29 is 0 Å². The van der Waals surface area contributed by atoms with Crippen molar-refractivity contribution in [2.75, 3.05) is 25.5 Å². The maximum Gasteiger partial charge on any atom is 0.222 e. The van der Waals surface area contributed by atoms with Gasteiger partial charge in [-0.3, -0.25) is 4.90 Å². The Balaban J connectivity index is 1.92. The van der Waals surface area contributed by atoms with Crippen LogP contribution in [-0.4, -0.2) is 41.0 Å². The quantitative estimate of drug-likeness (QED) is 0.856. The van der Waals surface area contributed by atoms with Crippen LogP contribution in [0.5, 0.6) is 0 Å². The van der Waals surface area contributed by atoms with Gasteiger partial charge in [-0.05, 0) is 50.6 Å². The summed E-state index contributed by atoms with van der Waals surface area (Å²) >= 11 is 0. The molecule has 0 bridgehead atoms. The molecule has 1 aliphatic heterocycles. The maximum atomic E-state index is 4.69. The molecule has 1 N–H and O–H groups in total. The molecule has 2 aliphatic rings. The van der Waals surface area contributed by atoms with Gasteiger partial charge in [0.1, 0.15) is 0 Å². The molecule has 4 heteroatoms. The van der Waals surface area contributed by atoms with Crippen LogP contribution in [0, 0.1) is 12.8 Å². The SMILES string of the molecule is C=CCN1CCC[C@H]2Cc3nc(NC)nc(C)c3C[C@@H]21. The predicted molar refractivity (Wildman–Crippen MR) is 82.0 cm³/mol. The van der Waals surface area contributed by atoms with E-state index >= 15 is 0 Å². The first-order valence-electron chi connectivity index (χ1n) is 7.62. The minimum atomic E-state index is 0.650. The lowest BCUT2D eigenvalue weighted by Gasteiger charge is -2.44. The maximum absolute atomic E-state index is 4.69. The summed E-state index contributed by atoms with van der Waals surface area (Å²) in [7, 11) is 1.89. The van der Waals surface area contributed by atoms with E-state index in [0.29, 0.717) is 6.04 Å². The highest BCUT2D eigenvalue weighted by Gasteiger charge is 2.36. The Hall–Kier alpha value is -1.42. The standard InChI is InChI=1S/C16H24N4/c1-4-7-20-8-5-6-12-9-14-13(10-15(12)20)11(2)18-16(17-3)19-14/h4,12,15H,1,5-10H2,2-3H3,(H,17,18,19)/t12-,15-/m0/s1. The molecule has 1 aromatic heterocycles. The molecule has 1 aromatic rings. The molecular weight excluding hydrogens is 248 g/mol. The highest BCUT2D eigenvalue weighted by molar-refractivity contribution is 5.36. The van der Waals surface area contributed by atoms with Gasteiger partial charge in [-0.2, -0.15) is 0 Å². The molecule has 1 aliphatic carbocycles. The van der Waals surface area contributed by atoms with Crippen LogP contribution < -0.4 is 5.32 Å². The molecule has 2 heterocycles. The second-order valence-electron chi connectivity index (χ2n) is 5.97. The molecule has 1 fully saturated rings. The number of nitrogens with zero attached hydrogens (tertiary/aromatic N) is 3. The summed E-state index contributed by atoms with van der Waals surface area (Å²) in [5.41, 5.74) is 3.78. The van der Waals surface area contributed by atoms with E-state index in [0.717, 1.165) is 36.9 Å². The summed E-state index contributed by atoms with van der Waals surface area (Å²) in [6.07, 6.45) is 6.86. The van der Waals surface area contributed by atoms with E-state index in [9.17, 15) is 0 Å². The van der Waals surface area contributed by atoms with Crippen molar-refractivity contribution in [3.63, 3.8) is 0 Å². The van der Waals surface area contributed by atoms with Crippen molar-refractivity contribution in [3.05, 3.63) is 29.6 Å². The summed E-state index contributed by atoms with van der Waals surface area (Å²) in [5.74, 6) is 1.51. The molecule has 0 radical (unpaired) electrons. The molecule has 0 aromatic carbocycles. The fourth-order valence-electron chi connectivity index (χ4n) is 3.80. The summed E-state index contributed by atoms with van der Waals surface area (Å²) in [6.45, 7) is 8.23. The van der Waals surface area contributed by atoms with Crippen molar-refractivity contribution in [3.8, 4) is 0 Å². The third-order valence-electron chi connectivity index (χ3n) is 4.79. The molecule has 0 spiro atoms. The van der Waals surface area contributed by atoms with Gasteiger partial charge >= 0.3 is 0 Å². The van der Waals surface area contributed by atoms with Crippen molar-refractivity contribution in [2.24, 2.45) is 5.92 Å². The van der Waals surface area contributed by atoms with Gasteiger partial charge in [0.2, 0.25) is 5.95 Å². The second-order valence-corrected chi connectivity index (χ2v) is 5.97. The molecule has 0 amide bonds. The molecule has 2 atom stereocenters. The first kappa shape index (κ1) is 13.6. The van der Waals surface area contributed by atoms with Gasteiger partial charge < -0.3 is 5.32 Å². The zero-order valence-corrected chi connectivity index (χ0v) is 12.5. The predicted octanol–water partition coefficient (Wildman–Crippen LogP) is 2.19. The van der Waals surface area contributed by atoms with E-state index in [2.05, 4.69) is 28.7 Å². The van der Waals surface area contributed by atoms with E-state index in [-0.39, 0.29) is 0 Å². The van der Waals surface area contributed by atoms with E-state index in [1.807, 2.05) is 13.1 Å². The smallest absolute Gasteiger partial charge is 0.222 e. The lowest BCUT2D eigenvalue weighted by Crippen LogP contribution is -2.49. The first-order chi connectivity index (χ1) is 9.72. The topological polar surface area (TPSA) is 41.1 Å². The van der Waals surface area contributed by atoms with Gasteiger partial charge in [0, 0.05) is 31.0 Å². The lowest BCUT2D eigenvalue weighted by molar-refractivity contribution is 0.0960. The van der Waals surface area contributed by atoms with Crippen LogP contribution in [0.15, 0.2) is 12.7 Å². The van der Waals surface area contributed by atoms with Gasteiger partial charge in [-0.1, -0.05) is 6.08 Å². The monoisotopic (exact) mass is 272 g/mol. The second kappa shape index (κ2) is 5.52. The number of aryl methyl sites for hydroxylation is 1. The number of anilines is 1. The number of hydrogen-bond donors (Lipinski definition) is 1. The van der Waals surface area contributed by atoms with Gasteiger partial charge in [-0.15, -0.1) is 6.58 Å². The average Bonchev–Trinajstić information content (AvgIpc) is 2.46. The molecule has 4 nitrogen and oxygen atoms in total. The number of fused-ring (bicyclic) bond motifs is 2. The third kappa shape index (κ3) is 2.33. The number of likely N-dealkylation sites (tertiary alicyclic amines) is 1. The number of rotatable bonds is 3. The van der Waals surface area contributed by atoms with Crippen LogP contribution in [0.3, 0.4) is 0 Å². The number of piperidine rings is 1. The zero-order chi connectivity index (χ0) is 14.1. The fraction of sp³-hybridized carbons (Fsp3) is 0.625. The van der Waals surface area contributed by atoms with Crippen LogP contribution >= 0.6 is 0 Å². The Labute approximate surface area is 121 Å². The van der Waals surface area contributed by atoms with Crippen LogP contribution in [0.2, 0.25) is 0 Å². The molecule has 0 saturated carbocycles. The number of aromatic nitrogens is 2. The van der Waals surface area contributed by atoms with Crippen LogP contribution in [0.25, 0.3) is 0 Å². The van der Waals surface area contributed by atoms with Gasteiger partial charge in [-0.25, -0.2) is 9.97 Å². The fourth-order valence-corrected chi connectivity index (χ4v) is 3.80. The normalized spacial score (nSPS) is 25.7. The van der Waals surface area contributed by atoms with Gasteiger partial charge in [0.25, 0.3) is 0 Å². The van der Waals surface area contributed by atoms with Crippen LogP contribution in [-0.2, 0) is 12.8 Å². The Morgan fingerprint density at radius 2 is 2.25 bits per heavy atom. The van der Waals surface area contributed by atoms with E-state index in [1.165, 1.54) is 30.6 Å². The third-order valence-corrected chi connectivity index (χ3v) is 4.79. The van der Waals surface area contributed by atoms with Crippen molar-refractivity contribution in [1.82, 2.24) is 14.9 Å². The van der Waals surface area contributed by atoms with E-state index in [4.69, 9.17) is 4.98 Å². The molecular formula is C16H24N4. The molecule has 0 unspecified atom stereocenters. The van der Waals surface area contributed by atoms with E-state index in [1.54, 1.807) is 0 Å². The zero-order valence-electron chi connectivity index (χ0n) is 12.5. The van der Waals surface area contributed by atoms with Crippen molar-refractivity contribution in [1.29, 1.82) is 0 Å². The van der Waals surface area contributed by atoms with Crippen LogP contribution in [0.1, 0.15) is 29.8 Å². The molecule has 1 saturated heterocycles. The minimum Gasteiger partial charge on any atom is -0.357 e. The van der Waals surface area contributed by atoms with Gasteiger partial charge in [0.05, 0.1) is 0 Å². The molecule has 20 heavy (non-hydrogen) atoms. The summed E-state index contributed by atoms with van der Waals surface area (Å²) in [6, 6.07) is 0.650. The van der Waals surface area contributed by atoms with Gasteiger partial charge in [0.15, 0.2) is 0 Å². The first-order valence-corrected chi connectivity index (χ1v) is 7.62. The van der Waals surface area contributed by atoms with E-state index < -0.39 is 0 Å². The summed E-state index contributed by atoms with van der Waals surface area (Å²) in [5, 5.41) is 3.07.